The van der Waals surface area contributed by atoms with Gasteiger partial charge in [0.1, 0.15) is 41.6 Å². The van der Waals surface area contributed by atoms with E-state index < -0.39 is 78.8 Å². The molecule has 1 saturated heterocycles. The van der Waals surface area contributed by atoms with Gasteiger partial charge in [0.25, 0.3) is 11.8 Å². The number of anilines is 2. The van der Waals surface area contributed by atoms with Crippen LogP contribution in [0.25, 0.3) is 0 Å². The van der Waals surface area contributed by atoms with E-state index in [1.807, 2.05) is 22.6 Å². The highest BCUT2D eigenvalue weighted by atomic mass is 127. The first-order valence-corrected chi connectivity index (χ1v) is 14.9. The molecule has 1 aliphatic heterocycles. The molecule has 0 bridgehead atoms. The second-order valence-electron chi connectivity index (χ2n) is 10.7. The third-order valence-electron chi connectivity index (χ3n) is 7.67. The summed E-state index contributed by atoms with van der Waals surface area (Å²) in [4.78, 5) is 51.4. The predicted molar refractivity (Wildman–Crippen MR) is 160 cm³/mol. The van der Waals surface area contributed by atoms with Crippen LogP contribution in [0.4, 0.5) is 29.2 Å². The monoisotopic (exact) mass is 736 g/mol. The van der Waals surface area contributed by atoms with Gasteiger partial charge in [-0.15, -0.1) is 0 Å². The Balaban J connectivity index is 1.63. The van der Waals surface area contributed by atoms with E-state index in [1.54, 1.807) is 24.3 Å². The molecule has 3 aromatic rings. The lowest BCUT2D eigenvalue weighted by atomic mass is 9.91. The van der Waals surface area contributed by atoms with E-state index >= 15 is 0 Å². The summed E-state index contributed by atoms with van der Waals surface area (Å²) in [6.45, 7) is 0. The van der Waals surface area contributed by atoms with E-state index in [1.165, 1.54) is 18.3 Å². The van der Waals surface area contributed by atoms with Crippen molar-refractivity contribution in [3.63, 3.8) is 0 Å². The van der Waals surface area contributed by atoms with Gasteiger partial charge in [0.15, 0.2) is 0 Å². The fraction of sp³-hybridized carbons (Fsp3) is 0.333. The zero-order chi connectivity index (χ0) is 32.5. The summed E-state index contributed by atoms with van der Waals surface area (Å²) in [5.41, 5.74) is -0.277. The SMILES string of the molecule is N#Cc1ccnc(N2C(=O)[C@H](O)C[C@H]2C(=O)N(c2cc(F)cc(F)c2)[C@@H](C(=O)NC2CCC(F)(F)CC2)c2ccccc2I)n1. The van der Waals surface area contributed by atoms with Crippen molar-refractivity contribution in [1.29, 1.82) is 5.26 Å². The van der Waals surface area contributed by atoms with Gasteiger partial charge < -0.3 is 10.4 Å². The van der Waals surface area contributed by atoms with Crippen molar-refractivity contribution in [2.45, 2.75) is 62.3 Å². The minimum absolute atomic E-state index is 0.0381. The largest absolute Gasteiger partial charge is 0.383 e. The molecule has 2 N–H and O–H groups in total. The topological polar surface area (TPSA) is 140 Å². The number of hydrogen-bond donors (Lipinski definition) is 2. The van der Waals surface area contributed by atoms with Crippen LogP contribution in [0.15, 0.2) is 54.7 Å². The molecule has 0 radical (unpaired) electrons. The maximum atomic E-state index is 14.7. The Morgan fingerprint density at radius 2 is 1.80 bits per heavy atom. The summed E-state index contributed by atoms with van der Waals surface area (Å²) in [7, 11) is 0. The first kappa shape index (κ1) is 32.2. The van der Waals surface area contributed by atoms with E-state index in [4.69, 9.17) is 0 Å². The first-order chi connectivity index (χ1) is 21.4. The van der Waals surface area contributed by atoms with Gasteiger partial charge in [-0.3, -0.25) is 24.2 Å². The van der Waals surface area contributed by atoms with Crippen molar-refractivity contribution < 1.29 is 37.1 Å². The van der Waals surface area contributed by atoms with Gasteiger partial charge in [-0.2, -0.15) is 5.26 Å². The number of benzene rings is 2. The number of aliphatic hydroxyl groups excluding tert-OH is 1. The molecule has 10 nitrogen and oxygen atoms in total. The van der Waals surface area contributed by atoms with Crippen molar-refractivity contribution in [2.75, 3.05) is 9.80 Å². The van der Waals surface area contributed by atoms with E-state index in [2.05, 4.69) is 15.3 Å². The number of nitriles is 1. The molecule has 3 amide bonds. The zero-order valence-corrected chi connectivity index (χ0v) is 25.5. The van der Waals surface area contributed by atoms with Crippen LogP contribution in [-0.2, 0) is 14.4 Å². The van der Waals surface area contributed by atoms with Gasteiger partial charge in [0.2, 0.25) is 17.8 Å². The van der Waals surface area contributed by atoms with E-state index in [9.17, 15) is 42.3 Å². The van der Waals surface area contributed by atoms with Crippen LogP contribution in [0, 0.1) is 26.5 Å². The number of nitrogens with zero attached hydrogens (tertiary/aromatic N) is 5. The number of hydrogen-bond acceptors (Lipinski definition) is 7. The summed E-state index contributed by atoms with van der Waals surface area (Å²) in [6, 6.07) is 7.89. The summed E-state index contributed by atoms with van der Waals surface area (Å²) < 4.78 is 57.5. The highest BCUT2D eigenvalue weighted by Gasteiger charge is 2.49. The fourth-order valence-electron chi connectivity index (χ4n) is 5.51. The van der Waals surface area contributed by atoms with Gasteiger partial charge in [-0.1, -0.05) is 18.2 Å². The van der Waals surface area contributed by atoms with Crippen LogP contribution in [0.1, 0.15) is 49.4 Å². The molecular formula is C30H25F4IN6O4. The van der Waals surface area contributed by atoms with E-state index in [0.29, 0.717) is 9.64 Å². The fourth-order valence-corrected chi connectivity index (χ4v) is 6.19. The van der Waals surface area contributed by atoms with Crippen LogP contribution < -0.4 is 15.1 Å². The van der Waals surface area contributed by atoms with Crippen molar-refractivity contribution in [3.05, 3.63) is 81.2 Å². The quantitative estimate of drug-likeness (QED) is 0.275. The van der Waals surface area contributed by atoms with Crippen LogP contribution >= 0.6 is 22.6 Å². The number of alkyl halides is 2. The molecule has 45 heavy (non-hydrogen) atoms. The smallest absolute Gasteiger partial charge is 0.259 e. The standard InChI is InChI=1S/C30H25F4IN6O4/c31-16-11-17(32)13-20(12-16)40(27(44)23-14-24(42)28(45)41(23)29-37-10-7-19(15-36)39-29)25(21-3-1-2-4-22(21)35)26(43)38-18-5-8-30(33,34)9-6-18/h1-4,7,10-13,18,23-25,42H,5-6,8-9,14H2,(H,38,43)/t23-,24+,25+/m0/s1. The zero-order valence-electron chi connectivity index (χ0n) is 23.3. The third kappa shape index (κ3) is 6.91. The van der Waals surface area contributed by atoms with Gasteiger partial charge >= 0.3 is 0 Å². The van der Waals surface area contributed by atoms with Crippen molar-refractivity contribution >= 4 is 51.9 Å². The Morgan fingerprint density at radius 1 is 1.13 bits per heavy atom. The molecule has 0 spiro atoms. The van der Waals surface area contributed by atoms with Gasteiger partial charge in [-0.25, -0.2) is 27.5 Å². The number of halogens is 5. The molecule has 2 aromatic carbocycles. The highest BCUT2D eigenvalue weighted by molar-refractivity contribution is 14.1. The average Bonchev–Trinajstić information content (AvgIpc) is 3.30. The lowest BCUT2D eigenvalue weighted by molar-refractivity contribution is -0.128. The molecule has 3 atom stereocenters. The lowest BCUT2D eigenvalue weighted by Gasteiger charge is -2.37. The normalized spacial score (nSPS) is 20.4. The molecule has 2 fully saturated rings. The Bertz CT molecular complexity index is 1660. The Morgan fingerprint density at radius 3 is 2.44 bits per heavy atom. The van der Waals surface area contributed by atoms with E-state index in [-0.39, 0.29) is 35.7 Å². The lowest BCUT2D eigenvalue weighted by Crippen LogP contribution is -2.53. The number of aromatic nitrogens is 2. The Hall–Kier alpha value is -4.17. The number of amides is 3. The molecule has 0 unspecified atom stereocenters. The van der Waals surface area contributed by atoms with Crippen LogP contribution in [0.3, 0.4) is 0 Å². The molecule has 2 heterocycles. The first-order valence-electron chi connectivity index (χ1n) is 13.8. The van der Waals surface area contributed by atoms with Crippen molar-refractivity contribution in [1.82, 2.24) is 15.3 Å². The molecule has 15 heteroatoms. The van der Waals surface area contributed by atoms with Crippen LogP contribution in [0.2, 0.25) is 0 Å². The number of nitrogens with one attached hydrogen (secondary N) is 1. The molecule has 234 valence electrons. The molecule has 5 rings (SSSR count). The maximum absolute atomic E-state index is 14.7. The number of rotatable bonds is 7. The summed E-state index contributed by atoms with van der Waals surface area (Å²) in [6.07, 6.45) is -2.01. The summed E-state index contributed by atoms with van der Waals surface area (Å²) in [5.74, 6) is -8.18. The Kier molecular flexibility index (Phi) is 9.35. The molecule has 1 aromatic heterocycles. The number of carbonyl (C=O) groups is 3. The molecule has 2 aliphatic rings. The molecule has 1 saturated carbocycles. The number of aliphatic hydroxyl groups is 1. The predicted octanol–water partition coefficient (Wildman–Crippen LogP) is 4.17. The van der Waals surface area contributed by atoms with Crippen LogP contribution in [-0.4, -0.2) is 56.9 Å². The Labute approximate surface area is 268 Å². The van der Waals surface area contributed by atoms with Gasteiger partial charge in [0, 0.05) is 41.1 Å². The second kappa shape index (κ2) is 13.1. The van der Waals surface area contributed by atoms with E-state index in [0.717, 1.165) is 21.9 Å². The summed E-state index contributed by atoms with van der Waals surface area (Å²) in [5, 5.41) is 22.6. The summed E-state index contributed by atoms with van der Waals surface area (Å²) >= 11 is 1.93. The molecular weight excluding hydrogens is 711 g/mol. The maximum Gasteiger partial charge on any atom is 0.259 e. The minimum Gasteiger partial charge on any atom is -0.383 e. The highest BCUT2D eigenvalue weighted by Crippen LogP contribution is 2.37. The van der Waals surface area contributed by atoms with Crippen molar-refractivity contribution in [2.24, 2.45) is 0 Å². The molecule has 1 aliphatic carbocycles. The second-order valence-corrected chi connectivity index (χ2v) is 11.9. The van der Waals surface area contributed by atoms with Gasteiger partial charge in [-0.05, 0) is 65.3 Å². The third-order valence-corrected chi connectivity index (χ3v) is 8.65. The van der Waals surface area contributed by atoms with Gasteiger partial charge in [0.05, 0.1) is 5.69 Å². The number of carbonyl (C=O) groups excluding carboxylic acids is 3. The van der Waals surface area contributed by atoms with Crippen LogP contribution in [0.5, 0.6) is 0 Å². The average molecular weight is 736 g/mol. The van der Waals surface area contributed by atoms with Crippen molar-refractivity contribution in [3.8, 4) is 6.07 Å². The minimum atomic E-state index is -2.87.